The van der Waals surface area contributed by atoms with E-state index in [1.54, 1.807) is 17.0 Å². The molecule has 3 rings (SSSR count). The van der Waals surface area contributed by atoms with Crippen LogP contribution in [0.25, 0.3) is 10.8 Å². The van der Waals surface area contributed by atoms with Gasteiger partial charge in [0.05, 0.1) is 11.3 Å². The third kappa shape index (κ3) is 4.14. The Labute approximate surface area is 163 Å². The SMILES string of the molecule is CCN(C(=O)COC(=O)c1ccccc1SC)c1cccc2ccccc12. The molecule has 0 saturated carbocycles. The highest BCUT2D eigenvalue weighted by atomic mass is 32.2. The van der Waals surface area contributed by atoms with E-state index in [0.717, 1.165) is 21.4 Å². The predicted molar refractivity (Wildman–Crippen MR) is 110 cm³/mol. The lowest BCUT2D eigenvalue weighted by Gasteiger charge is -2.22. The molecule has 27 heavy (non-hydrogen) atoms. The van der Waals surface area contributed by atoms with Crippen LogP contribution >= 0.6 is 11.8 Å². The number of benzene rings is 3. The average Bonchev–Trinajstić information content (AvgIpc) is 2.72. The van der Waals surface area contributed by atoms with Crippen molar-refractivity contribution in [2.75, 3.05) is 24.3 Å². The number of hydrogen-bond acceptors (Lipinski definition) is 4. The largest absolute Gasteiger partial charge is 0.452 e. The first kappa shape index (κ1) is 19.0. The molecule has 0 saturated heterocycles. The zero-order chi connectivity index (χ0) is 19.2. The van der Waals surface area contributed by atoms with Crippen molar-refractivity contribution in [3.63, 3.8) is 0 Å². The Kier molecular flexibility index (Phi) is 6.14. The second-order valence-corrected chi connectivity index (χ2v) is 6.76. The van der Waals surface area contributed by atoms with Crippen LogP contribution in [-0.2, 0) is 9.53 Å². The Morgan fingerprint density at radius 3 is 2.44 bits per heavy atom. The van der Waals surface area contributed by atoms with Gasteiger partial charge in [-0.25, -0.2) is 4.79 Å². The summed E-state index contributed by atoms with van der Waals surface area (Å²) in [4.78, 5) is 27.6. The van der Waals surface area contributed by atoms with Gasteiger partial charge in [0.1, 0.15) is 0 Å². The van der Waals surface area contributed by atoms with Crippen LogP contribution in [0, 0.1) is 0 Å². The van der Waals surface area contributed by atoms with E-state index in [4.69, 9.17) is 4.74 Å². The van der Waals surface area contributed by atoms with E-state index in [9.17, 15) is 9.59 Å². The van der Waals surface area contributed by atoms with Crippen molar-refractivity contribution in [2.24, 2.45) is 0 Å². The molecule has 3 aromatic carbocycles. The smallest absolute Gasteiger partial charge is 0.339 e. The van der Waals surface area contributed by atoms with Gasteiger partial charge < -0.3 is 9.64 Å². The van der Waals surface area contributed by atoms with Gasteiger partial charge in [-0.1, -0.05) is 48.5 Å². The van der Waals surface area contributed by atoms with E-state index < -0.39 is 5.97 Å². The molecule has 4 nitrogen and oxygen atoms in total. The third-order valence-electron chi connectivity index (χ3n) is 4.33. The Balaban J connectivity index is 1.77. The van der Waals surface area contributed by atoms with Crippen LogP contribution < -0.4 is 4.90 Å². The number of anilines is 1. The minimum Gasteiger partial charge on any atom is -0.452 e. The van der Waals surface area contributed by atoms with Gasteiger partial charge in [-0.15, -0.1) is 11.8 Å². The summed E-state index contributed by atoms with van der Waals surface area (Å²) in [5.41, 5.74) is 1.30. The van der Waals surface area contributed by atoms with Crippen molar-refractivity contribution in [1.29, 1.82) is 0 Å². The fourth-order valence-corrected chi connectivity index (χ4v) is 3.61. The number of nitrogens with zero attached hydrogens (tertiary/aromatic N) is 1. The van der Waals surface area contributed by atoms with E-state index in [2.05, 4.69) is 0 Å². The van der Waals surface area contributed by atoms with Crippen molar-refractivity contribution in [3.8, 4) is 0 Å². The van der Waals surface area contributed by atoms with Crippen LogP contribution in [0.15, 0.2) is 71.6 Å². The number of hydrogen-bond donors (Lipinski definition) is 0. The Bertz CT molecular complexity index is 965. The number of carbonyl (C=O) groups excluding carboxylic acids is 2. The number of fused-ring (bicyclic) bond motifs is 1. The normalized spacial score (nSPS) is 10.6. The van der Waals surface area contributed by atoms with Gasteiger partial charge in [-0.3, -0.25) is 4.79 Å². The molecule has 3 aromatic rings. The lowest BCUT2D eigenvalue weighted by Crippen LogP contribution is -2.34. The summed E-state index contributed by atoms with van der Waals surface area (Å²) < 4.78 is 5.31. The molecule has 0 aliphatic rings. The molecule has 5 heteroatoms. The summed E-state index contributed by atoms with van der Waals surface area (Å²) in [6.07, 6.45) is 1.90. The third-order valence-corrected chi connectivity index (χ3v) is 5.12. The molecule has 1 amide bonds. The van der Waals surface area contributed by atoms with Gasteiger partial charge in [-0.2, -0.15) is 0 Å². The number of amides is 1. The highest BCUT2D eigenvalue weighted by molar-refractivity contribution is 7.98. The van der Waals surface area contributed by atoms with Gasteiger partial charge in [0.15, 0.2) is 6.61 Å². The summed E-state index contributed by atoms with van der Waals surface area (Å²) in [5.74, 6) is -0.730. The summed E-state index contributed by atoms with van der Waals surface area (Å²) >= 11 is 1.47. The van der Waals surface area contributed by atoms with Crippen LogP contribution in [0.3, 0.4) is 0 Å². The predicted octanol–water partition coefficient (Wildman–Crippen LogP) is 4.77. The molecule has 0 bridgehead atoms. The first-order valence-corrected chi connectivity index (χ1v) is 9.96. The van der Waals surface area contributed by atoms with Crippen molar-refractivity contribution >= 4 is 40.1 Å². The molecule has 0 N–H and O–H groups in total. The number of ether oxygens (including phenoxy) is 1. The number of rotatable bonds is 6. The van der Waals surface area contributed by atoms with Gasteiger partial charge in [-0.05, 0) is 36.8 Å². The second kappa shape index (κ2) is 8.73. The van der Waals surface area contributed by atoms with Crippen molar-refractivity contribution in [2.45, 2.75) is 11.8 Å². The fourth-order valence-electron chi connectivity index (χ4n) is 3.02. The highest BCUT2D eigenvalue weighted by Crippen LogP contribution is 2.27. The topological polar surface area (TPSA) is 46.6 Å². The van der Waals surface area contributed by atoms with Gasteiger partial charge in [0.2, 0.25) is 0 Å². The first-order chi connectivity index (χ1) is 13.2. The van der Waals surface area contributed by atoms with Gasteiger partial charge >= 0.3 is 5.97 Å². The maximum absolute atomic E-state index is 12.8. The molecule has 138 valence electrons. The molecular formula is C22H21NO3S. The maximum Gasteiger partial charge on any atom is 0.339 e. The second-order valence-electron chi connectivity index (χ2n) is 5.91. The van der Waals surface area contributed by atoms with E-state index in [-0.39, 0.29) is 12.5 Å². The van der Waals surface area contributed by atoms with E-state index in [0.29, 0.717) is 12.1 Å². The van der Waals surface area contributed by atoms with Crippen LogP contribution in [0.5, 0.6) is 0 Å². The molecule has 0 atom stereocenters. The minimum absolute atomic E-state index is 0.246. The first-order valence-electron chi connectivity index (χ1n) is 8.74. The number of thioether (sulfide) groups is 1. The molecule has 0 heterocycles. The molecule has 0 fully saturated rings. The quantitative estimate of drug-likeness (QED) is 0.457. The minimum atomic E-state index is -0.484. The van der Waals surface area contributed by atoms with Crippen LogP contribution in [0.1, 0.15) is 17.3 Å². The Hall–Kier alpha value is -2.79. The zero-order valence-corrected chi connectivity index (χ0v) is 16.2. The summed E-state index contributed by atoms with van der Waals surface area (Å²) in [6, 6.07) is 21.0. The summed E-state index contributed by atoms with van der Waals surface area (Å²) in [6.45, 7) is 2.11. The standard InChI is InChI=1S/C22H21NO3S/c1-3-23(19-13-8-10-16-9-4-5-11-17(16)19)21(24)15-26-22(25)18-12-6-7-14-20(18)27-2/h4-14H,3,15H2,1-2H3. The average molecular weight is 379 g/mol. The van der Waals surface area contributed by atoms with Gasteiger partial charge in [0.25, 0.3) is 5.91 Å². The van der Waals surface area contributed by atoms with Crippen molar-refractivity contribution in [3.05, 3.63) is 72.3 Å². The zero-order valence-electron chi connectivity index (χ0n) is 15.3. The molecule has 0 unspecified atom stereocenters. The van der Waals surface area contributed by atoms with Crippen LogP contribution in [0.4, 0.5) is 5.69 Å². The molecule has 0 aliphatic heterocycles. The van der Waals surface area contributed by atoms with Crippen molar-refractivity contribution < 1.29 is 14.3 Å². The van der Waals surface area contributed by atoms with E-state index in [1.807, 2.05) is 67.8 Å². The highest BCUT2D eigenvalue weighted by Gasteiger charge is 2.19. The number of esters is 1. The van der Waals surface area contributed by atoms with E-state index >= 15 is 0 Å². The van der Waals surface area contributed by atoms with Crippen LogP contribution in [0.2, 0.25) is 0 Å². The molecule has 0 radical (unpaired) electrons. The molecule has 0 aliphatic carbocycles. The van der Waals surface area contributed by atoms with Crippen molar-refractivity contribution in [1.82, 2.24) is 0 Å². The Morgan fingerprint density at radius 2 is 1.67 bits per heavy atom. The van der Waals surface area contributed by atoms with Gasteiger partial charge in [0, 0.05) is 16.8 Å². The molecule has 0 spiro atoms. The van der Waals surface area contributed by atoms with E-state index in [1.165, 1.54) is 11.8 Å². The lowest BCUT2D eigenvalue weighted by molar-refractivity contribution is -0.121. The molecule has 0 aromatic heterocycles. The monoisotopic (exact) mass is 379 g/mol. The van der Waals surface area contributed by atoms with Crippen LogP contribution in [-0.4, -0.2) is 31.3 Å². The summed E-state index contributed by atoms with van der Waals surface area (Å²) in [5, 5.41) is 2.06. The summed E-state index contributed by atoms with van der Waals surface area (Å²) in [7, 11) is 0. The Morgan fingerprint density at radius 1 is 0.963 bits per heavy atom. The number of likely N-dealkylation sites (N-methyl/N-ethyl adjacent to an activating group) is 1. The number of carbonyl (C=O) groups is 2. The maximum atomic E-state index is 12.8. The molecular weight excluding hydrogens is 358 g/mol. The fraction of sp³-hybridized carbons (Fsp3) is 0.182. The lowest BCUT2D eigenvalue weighted by atomic mass is 10.1.